The highest BCUT2D eigenvalue weighted by atomic mass is 32.1. The third-order valence-electron chi connectivity index (χ3n) is 3.38. The van der Waals surface area contributed by atoms with Gasteiger partial charge in [0, 0.05) is 10.9 Å². The van der Waals surface area contributed by atoms with Gasteiger partial charge in [-0.15, -0.1) is 11.3 Å². The Labute approximate surface area is 149 Å². The molecule has 122 valence electrons. The topological polar surface area (TPSA) is 78.1 Å². The van der Waals surface area contributed by atoms with Gasteiger partial charge in [-0.1, -0.05) is 42.5 Å². The van der Waals surface area contributed by atoms with Gasteiger partial charge in [0.15, 0.2) is 0 Å². The monoisotopic (exact) mass is 346 g/mol. The van der Waals surface area contributed by atoms with Crippen molar-refractivity contribution in [3.8, 4) is 17.3 Å². The summed E-state index contributed by atoms with van der Waals surface area (Å²) in [7, 11) is 0. The van der Waals surface area contributed by atoms with E-state index in [-0.39, 0.29) is 12.3 Å². The Hall–Kier alpha value is -3.30. The van der Waals surface area contributed by atoms with Crippen LogP contribution in [0, 0.1) is 11.3 Å². The molecular weight excluding hydrogens is 332 g/mol. The fraction of sp³-hybridized carbons (Fsp3) is 0.0526. The van der Waals surface area contributed by atoms with Crippen molar-refractivity contribution in [3.05, 3.63) is 76.1 Å². The van der Waals surface area contributed by atoms with Crippen molar-refractivity contribution in [2.24, 2.45) is 5.10 Å². The fourth-order valence-electron chi connectivity index (χ4n) is 2.13. The molecule has 2 aromatic carbocycles. The average molecular weight is 346 g/mol. The molecule has 1 amide bonds. The van der Waals surface area contributed by atoms with Crippen molar-refractivity contribution in [2.75, 3.05) is 0 Å². The maximum Gasteiger partial charge on any atom is 0.246 e. The lowest BCUT2D eigenvalue weighted by Gasteiger charge is -1.97. The Morgan fingerprint density at radius 2 is 1.96 bits per heavy atom. The third kappa shape index (κ3) is 4.59. The predicted molar refractivity (Wildman–Crippen MR) is 98.1 cm³/mol. The summed E-state index contributed by atoms with van der Waals surface area (Å²) in [4.78, 5) is 16.4. The molecule has 1 heterocycles. The molecule has 0 fully saturated rings. The van der Waals surface area contributed by atoms with Gasteiger partial charge < -0.3 is 0 Å². The van der Waals surface area contributed by atoms with Crippen LogP contribution in [-0.4, -0.2) is 17.1 Å². The van der Waals surface area contributed by atoms with Gasteiger partial charge in [0.2, 0.25) is 5.91 Å². The molecule has 3 aromatic rings. The Kier molecular flexibility index (Phi) is 5.29. The van der Waals surface area contributed by atoms with Crippen LogP contribution in [0.5, 0.6) is 0 Å². The van der Waals surface area contributed by atoms with Gasteiger partial charge in [0.1, 0.15) is 5.01 Å². The molecule has 0 aliphatic rings. The maximum absolute atomic E-state index is 11.9. The van der Waals surface area contributed by atoms with Crippen LogP contribution in [0.25, 0.3) is 11.3 Å². The van der Waals surface area contributed by atoms with Gasteiger partial charge in [0.05, 0.1) is 30.0 Å². The number of nitriles is 1. The number of aromatic nitrogens is 1. The second kappa shape index (κ2) is 7.99. The molecule has 5 nitrogen and oxygen atoms in total. The SMILES string of the molecule is N#Cc1ccc(/C=N\NC(=O)Cc2nc(-c3ccccc3)cs2)cc1. The van der Waals surface area contributed by atoms with E-state index in [1.54, 1.807) is 24.3 Å². The Morgan fingerprint density at radius 1 is 1.20 bits per heavy atom. The molecule has 0 unspecified atom stereocenters. The molecule has 1 aromatic heterocycles. The van der Waals surface area contributed by atoms with Crippen LogP contribution < -0.4 is 5.43 Å². The van der Waals surface area contributed by atoms with Crippen LogP contribution in [0.3, 0.4) is 0 Å². The predicted octanol–water partition coefficient (Wildman–Crippen LogP) is 3.37. The first-order valence-electron chi connectivity index (χ1n) is 7.56. The second-order valence-corrected chi connectivity index (χ2v) is 6.14. The van der Waals surface area contributed by atoms with Crippen molar-refractivity contribution in [3.63, 3.8) is 0 Å². The Morgan fingerprint density at radius 3 is 2.68 bits per heavy atom. The summed E-state index contributed by atoms with van der Waals surface area (Å²) in [5, 5.41) is 15.4. The van der Waals surface area contributed by atoms with Gasteiger partial charge in [-0.2, -0.15) is 10.4 Å². The number of benzene rings is 2. The highest BCUT2D eigenvalue weighted by molar-refractivity contribution is 7.10. The van der Waals surface area contributed by atoms with E-state index in [4.69, 9.17) is 5.26 Å². The molecule has 6 heteroatoms. The largest absolute Gasteiger partial charge is 0.273 e. The average Bonchev–Trinajstić information content (AvgIpc) is 3.11. The minimum Gasteiger partial charge on any atom is -0.273 e. The number of thiazole rings is 1. The van der Waals surface area contributed by atoms with Crippen molar-refractivity contribution < 1.29 is 4.79 Å². The molecule has 0 atom stereocenters. The van der Waals surface area contributed by atoms with Crippen molar-refractivity contribution >= 4 is 23.5 Å². The molecule has 0 spiro atoms. The van der Waals surface area contributed by atoms with Crippen LogP contribution in [-0.2, 0) is 11.2 Å². The van der Waals surface area contributed by atoms with Crippen LogP contribution in [0.1, 0.15) is 16.1 Å². The number of nitrogens with zero attached hydrogens (tertiary/aromatic N) is 3. The second-order valence-electron chi connectivity index (χ2n) is 5.20. The van der Waals surface area contributed by atoms with E-state index in [2.05, 4.69) is 15.5 Å². The zero-order valence-corrected chi connectivity index (χ0v) is 14.0. The zero-order valence-electron chi connectivity index (χ0n) is 13.2. The molecule has 1 N–H and O–H groups in total. The summed E-state index contributed by atoms with van der Waals surface area (Å²) >= 11 is 1.45. The minimum atomic E-state index is -0.223. The fourth-order valence-corrected chi connectivity index (χ4v) is 2.93. The standard InChI is InChI=1S/C19H14N4OS/c20-11-14-6-8-15(9-7-14)12-21-23-18(24)10-19-22-17(13-25-19)16-4-2-1-3-5-16/h1-9,12-13H,10H2,(H,23,24)/b21-12-. The molecule has 3 rings (SSSR count). The number of amides is 1. The van der Waals surface area contributed by atoms with E-state index in [1.165, 1.54) is 17.6 Å². The van der Waals surface area contributed by atoms with Crippen molar-refractivity contribution in [2.45, 2.75) is 6.42 Å². The van der Waals surface area contributed by atoms with Gasteiger partial charge in [-0.25, -0.2) is 10.4 Å². The number of hydrazone groups is 1. The molecule has 0 aliphatic heterocycles. The lowest BCUT2D eigenvalue weighted by atomic mass is 10.2. The number of hydrogen-bond acceptors (Lipinski definition) is 5. The molecule has 0 saturated heterocycles. The van der Waals surface area contributed by atoms with Crippen LogP contribution in [0.4, 0.5) is 0 Å². The zero-order chi connectivity index (χ0) is 17.5. The van der Waals surface area contributed by atoms with Gasteiger partial charge in [-0.3, -0.25) is 4.79 Å². The number of carbonyl (C=O) groups excluding carboxylic acids is 1. The number of rotatable bonds is 5. The lowest BCUT2D eigenvalue weighted by Crippen LogP contribution is -2.19. The lowest BCUT2D eigenvalue weighted by molar-refractivity contribution is -0.120. The molecule has 0 saturated carbocycles. The van der Waals surface area contributed by atoms with Gasteiger partial charge in [0.25, 0.3) is 0 Å². The van der Waals surface area contributed by atoms with E-state index in [0.29, 0.717) is 5.56 Å². The Bertz CT molecular complexity index is 924. The first kappa shape index (κ1) is 16.6. The molecule has 25 heavy (non-hydrogen) atoms. The number of hydrogen-bond donors (Lipinski definition) is 1. The third-order valence-corrected chi connectivity index (χ3v) is 4.22. The first-order valence-corrected chi connectivity index (χ1v) is 8.44. The van der Waals surface area contributed by atoms with Gasteiger partial charge >= 0.3 is 0 Å². The van der Waals surface area contributed by atoms with Crippen LogP contribution in [0.2, 0.25) is 0 Å². The number of carbonyl (C=O) groups is 1. The molecule has 0 aliphatic carbocycles. The van der Waals surface area contributed by atoms with Gasteiger partial charge in [-0.05, 0) is 17.7 Å². The van der Waals surface area contributed by atoms with E-state index < -0.39 is 0 Å². The highest BCUT2D eigenvalue weighted by Crippen LogP contribution is 2.21. The van der Waals surface area contributed by atoms with Crippen molar-refractivity contribution in [1.29, 1.82) is 5.26 Å². The quantitative estimate of drug-likeness (QED) is 0.568. The first-order chi connectivity index (χ1) is 12.2. The van der Waals surface area contributed by atoms with E-state index in [1.807, 2.05) is 41.8 Å². The smallest absolute Gasteiger partial charge is 0.246 e. The normalized spacial score (nSPS) is 10.5. The summed E-state index contributed by atoms with van der Waals surface area (Å²) < 4.78 is 0. The maximum atomic E-state index is 11.9. The summed E-state index contributed by atoms with van der Waals surface area (Å²) in [5.41, 5.74) is 5.78. The Balaban J connectivity index is 1.55. The summed E-state index contributed by atoms with van der Waals surface area (Å²) in [6.07, 6.45) is 1.72. The minimum absolute atomic E-state index is 0.183. The molecule has 0 radical (unpaired) electrons. The highest BCUT2D eigenvalue weighted by Gasteiger charge is 2.08. The molecular formula is C19H14N4OS. The van der Waals surface area contributed by atoms with E-state index in [9.17, 15) is 4.79 Å². The number of nitrogens with one attached hydrogen (secondary N) is 1. The van der Waals surface area contributed by atoms with Crippen molar-refractivity contribution in [1.82, 2.24) is 10.4 Å². The van der Waals surface area contributed by atoms with Crippen LogP contribution >= 0.6 is 11.3 Å². The molecule has 0 bridgehead atoms. The summed E-state index contributed by atoms with van der Waals surface area (Å²) in [5.74, 6) is -0.223. The summed E-state index contributed by atoms with van der Waals surface area (Å²) in [6.45, 7) is 0. The summed E-state index contributed by atoms with van der Waals surface area (Å²) in [6, 6.07) is 18.8. The van der Waals surface area contributed by atoms with E-state index >= 15 is 0 Å². The van der Waals surface area contributed by atoms with E-state index in [0.717, 1.165) is 21.8 Å². The van der Waals surface area contributed by atoms with Crippen LogP contribution in [0.15, 0.2) is 65.1 Å².